The minimum absolute atomic E-state index is 0.00193. The van der Waals surface area contributed by atoms with Crippen LogP contribution in [0.3, 0.4) is 0 Å². The zero-order valence-electron chi connectivity index (χ0n) is 23.3. The number of aryl methyl sites for hydroxylation is 2. The largest absolute Gasteiger partial charge is 0.497 e. The summed E-state index contributed by atoms with van der Waals surface area (Å²) in [5, 5.41) is 7.07. The van der Waals surface area contributed by atoms with Crippen molar-refractivity contribution in [2.24, 2.45) is 0 Å². The van der Waals surface area contributed by atoms with Gasteiger partial charge in [0.05, 0.1) is 24.9 Å². The summed E-state index contributed by atoms with van der Waals surface area (Å²) in [6.07, 6.45) is 1.81. The maximum Gasteiger partial charge on any atom is 0.250 e. The molecule has 5 rings (SSSR count). The van der Waals surface area contributed by atoms with Crippen LogP contribution in [0.4, 0.5) is 11.4 Å². The van der Waals surface area contributed by atoms with Crippen molar-refractivity contribution >= 4 is 34.6 Å². The minimum atomic E-state index is -0.199. The smallest absolute Gasteiger partial charge is 0.250 e. The van der Waals surface area contributed by atoms with Gasteiger partial charge in [0.15, 0.2) is 5.11 Å². The highest BCUT2D eigenvalue weighted by Crippen LogP contribution is 2.44. The monoisotopic (exact) mass is 555 g/mol. The van der Waals surface area contributed by atoms with E-state index in [2.05, 4.69) is 51.1 Å². The van der Waals surface area contributed by atoms with Crippen molar-refractivity contribution in [2.75, 3.05) is 31.0 Å². The summed E-state index contributed by atoms with van der Waals surface area (Å²) in [5.41, 5.74) is 7.86. The molecule has 9 heteroatoms. The molecule has 1 aliphatic rings. The summed E-state index contributed by atoms with van der Waals surface area (Å²) in [6, 6.07) is 21.8. The predicted octanol–water partition coefficient (Wildman–Crippen LogP) is 5.57. The van der Waals surface area contributed by atoms with Crippen LogP contribution in [0.2, 0.25) is 0 Å². The van der Waals surface area contributed by atoms with Gasteiger partial charge in [0.25, 0.3) is 0 Å². The number of hydrogen-bond donors (Lipinski definition) is 2. The highest BCUT2D eigenvalue weighted by molar-refractivity contribution is 7.80. The third-order valence-corrected chi connectivity index (χ3v) is 7.55. The summed E-state index contributed by atoms with van der Waals surface area (Å²) in [7, 11) is 3.18. The number of pyridine rings is 1. The average Bonchev–Trinajstić information content (AvgIpc) is 3.45. The Morgan fingerprint density at radius 3 is 2.55 bits per heavy atom. The Bertz CT molecular complexity index is 1550. The SMILES string of the molecule is COCC(=O)Nc1ccc(N2C(=S)N[C@@H](c3ccccn3)[C@@H]2c2cc(C)n(-c3cccc(OC)c3)c2C)cc1C. The number of methoxy groups -OCH3 is 2. The number of ether oxygens (including phenoxy) is 2. The van der Waals surface area contributed by atoms with E-state index in [1.54, 1.807) is 13.3 Å². The molecule has 2 N–H and O–H groups in total. The molecule has 0 radical (unpaired) electrons. The lowest BCUT2D eigenvalue weighted by Crippen LogP contribution is -2.29. The molecule has 1 fully saturated rings. The van der Waals surface area contributed by atoms with Crippen LogP contribution in [-0.4, -0.2) is 41.4 Å². The third kappa shape index (κ3) is 5.17. The van der Waals surface area contributed by atoms with Crippen LogP contribution >= 0.6 is 12.2 Å². The molecule has 1 saturated heterocycles. The number of carbonyl (C=O) groups is 1. The first-order chi connectivity index (χ1) is 19.3. The minimum Gasteiger partial charge on any atom is -0.497 e. The van der Waals surface area contributed by atoms with Crippen molar-refractivity contribution in [3.63, 3.8) is 0 Å². The summed E-state index contributed by atoms with van der Waals surface area (Å²) >= 11 is 5.94. The van der Waals surface area contributed by atoms with E-state index in [1.807, 2.05) is 61.5 Å². The molecule has 3 heterocycles. The van der Waals surface area contributed by atoms with E-state index in [1.165, 1.54) is 7.11 Å². The lowest BCUT2D eigenvalue weighted by Gasteiger charge is -2.29. The molecule has 2 aromatic heterocycles. The first-order valence-corrected chi connectivity index (χ1v) is 13.5. The second-order valence-electron chi connectivity index (χ2n) is 9.84. The standard InChI is InChI=1S/C31H33N5O3S/c1-19-15-23(12-13-26(19)33-28(37)18-38-4)36-30(29(34-31(36)40)27-11-6-7-14-32-27)25-16-20(2)35(21(25)3)22-9-8-10-24(17-22)39-5/h6-17,29-30H,18H2,1-5H3,(H,33,37)(H,34,40)/t29-,30-/m0/s1. The Morgan fingerprint density at radius 1 is 1.02 bits per heavy atom. The number of nitrogens with zero attached hydrogens (tertiary/aromatic N) is 3. The van der Waals surface area contributed by atoms with E-state index in [-0.39, 0.29) is 24.6 Å². The van der Waals surface area contributed by atoms with E-state index in [4.69, 9.17) is 21.7 Å². The Morgan fingerprint density at radius 2 is 1.85 bits per heavy atom. The van der Waals surface area contributed by atoms with Crippen molar-refractivity contribution in [3.05, 3.63) is 101 Å². The van der Waals surface area contributed by atoms with Gasteiger partial charge in [0.2, 0.25) is 5.91 Å². The van der Waals surface area contributed by atoms with Crippen LogP contribution in [-0.2, 0) is 9.53 Å². The molecule has 206 valence electrons. The number of aromatic nitrogens is 2. The van der Waals surface area contributed by atoms with Gasteiger partial charge in [-0.05, 0) is 92.6 Å². The number of nitrogens with one attached hydrogen (secondary N) is 2. The number of hydrogen-bond acceptors (Lipinski definition) is 5. The topological polar surface area (TPSA) is 80.7 Å². The van der Waals surface area contributed by atoms with Gasteiger partial charge >= 0.3 is 0 Å². The van der Waals surface area contributed by atoms with Gasteiger partial charge in [-0.15, -0.1) is 0 Å². The maximum absolute atomic E-state index is 12.1. The van der Waals surface area contributed by atoms with Crippen LogP contribution < -0.4 is 20.3 Å². The Kier molecular flexibility index (Phi) is 7.86. The van der Waals surface area contributed by atoms with E-state index >= 15 is 0 Å². The third-order valence-electron chi connectivity index (χ3n) is 7.24. The molecule has 0 saturated carbocycles. The van der Waals surface area contributed by atoms with Gasteiger partial charge in [-0.3, -0.25) is 9.78 Å². The fourth-order valence-corrected chi connectivity index (χ4v) is 5.78. The van der Waals surface area contributed by atoms with Crippen molar-refractivity contribution in [1.82, 2.24) is 14.9 Å². The van der Waals surface area contributed by atoms with Gasteiger partial charge in [-0.1, -0.05) is 12.1 Å². The van der Waals surface area contributed by atoms with Crippen molar-refractivity contribution < 1.29 is 14.3 Å². The van der Waals surface area contributed by atoms with Gasteiger partial charge in [0, 0.05) is 47.8 Å². The van der Waals surface area contributed by atoms with E-state index < -0.39 is 0 Å². The first kappa shape index (κ1) is 27.4. The molecule has 4 aromatic rings. The van der Waals surface area contributed by atoms with Crippen molar-refractivity contribution in [3.8, 4) is 11.4 Å². The second kappa shape index (κ2) is 11.5. The van der Waals surface area contributed by atoms with Crippen LogP contribution in [0.5, 0.6) is 5.75 Å². The van der Waals surface area contributed by atoms with Crippen LogP contribution in [0.1, 0.15) is 40.3 Å². The highest BCUT2D eigenvalue weighted by Gasteiger charge is 2.42. The second-order valence-corrected chi connectivity index (χ2v) is 10.2. The van der Waals surface area contributed by atoms with Crippen molar-refractivity contribution in [1.29, 1.82) is 0 Å². The average molecular weight is 556 g/mol. The molecule has 2 aromatic carbocycles. The molecule has 40 heavy (non-hydrogen) atoms. The number of amides is 1. The summed E-state index contributed by atoms with van der Waals surface area (Å²) in [6.45, 7) is 6.21. The van der Waals surface area contributed by atoms with Crippen molar-refractivity contribution in [2.45, 2.75) is 32.9 Å². The van der Waals surface area contributed by atoms with E-state index in [0.29, 0.717) is 5.11 Å². The van der Waals surface area contributed by atoms with Crippen LogP contribution in [0.25, 0.3) is 5.69 Å². The highest BCUT2D eigenvalue weighted by atomic mass is 32.1. The predicted molar refractivity (Wildman–Crippen MR) is 161 cm³/mol. The lowest BCUT2D eigenvalue weighted by molar-refractivity contribution is -0.119. The Labute approximate surface area is 239 Å². The number of thiocarbonyl (C=S) groups is 1. The molecule has 2 atom stereocenters. The van der Waals surface area contributed by atoms with Gasteiger partial charge in [-0.25, -0.2) is 0 Å². The fraction of sp³-hybridized carbons (Fsp3) is 0.258. The summed E-state index contributed by atoms with van der Waals surface area (Å²) in [5.74, 6) is 0.603. The number of anilines is 2. The fourth-order valence-electron chi connectivity index (χ4n) is 5.44. The van der Waals surface area contributed by atoms with Gasteiger partial charge in [-0.2, -0.15) is 0 Å². The lowest BCUT2D eigenvalue weighted by atomic mass is 9.96. The van der Waals surface area contributed by atoms with Crippen LogP contribution in [0.15, 0.2) is 72.9 Å². The zero-order chi connectivity index (χ0) is 28.4. The molecule has 0 aliphatic carbocycles. The quantitative estimate of drug-likeness (QED) is 0.275. The first-order valence-electron chi connectivity index (χ1n) is 13.1. The Hall–Kier alpha value is -4.21. The van der Waals surface area contributed by atoms with Gasteiger partial charge in [0.1, 0.15) is 12.4 Å². The molecule has 1 aliphatic heterocycles. The van der Waals surface area contributed by atoms with E-state index in [0.717, 1.165) is 51.0 Å². The Balaban J connectivity index is 1.61. The number of rotatable bonds is 8. The maximum atomic E-state index is 12.1. The zero-order valence-corrected chi connectivity index (χ0v) is 24.1. The molecule has 1 amide bonds. The van der Waals surface area contributed by atoms with Gasteiger partial charge < -0.3 is 29.6 Å². The normalized spacial score (nSPS) is 16.6. The number of carbonyl (C=O) groups excluding carboxylic acids is 1. The van der Waals surface area contributed by atoms with Crippen LogP contribution in [0, 0.1) is 20.8 Å². The number of benzene rings is 2. The summed E-state index contributed by atoms with van der Waals surface area (Å²) in [4.78, 5) is 19.0. The molecular formula is C31H33N5O3S. The molecule has 8 nitrogen and oxygen atoms in total. The molecular weight excluding hydrogens is 522 g/mol. The summed E-state index contributed by atoms with van der Waals surface area (Å²) < 4.78 is 12.7. The molecule has 0 bridgehead atoms. The van der Waals surface area contributed by atoms with E-state index in [9.17, 15) is 4.79 Å². The molecule has 0 spiro atoms. The molecule has 0 unspecified atom stereocenters.